The number of aromatic nitrogens is 9. The van der Waals surface area contributed by atoms with Crippen molar-refractivity contribution in [3.05, 3.63) is 394 Å². The second-order valence-electron chi connectivity index (χ2n) is 32.5. The zero-order valence-corrected chi connectivity index (χ0v) is 69.0. The summed E-state index contributed by atoms with van der Waals surface area (Å²) >= 11 is 0. The lowest BCUT2D eigenvalue weighted by Gasteiger charge is -2.19. The zero-order valence-electron chi connectivity index (χ0n) is 69.0. The number of ether oxygens (including phenoxy) is 3. The lowest BCUT2D eigenvalue weighted by Crippen LogP contribution is -2.01. The summed E-state index contributed by atoms with van der Waals surface area (Å²) < 4.78 is 38.5. The Balaban J connectivity index is 0.000000103. The fourth-order valence-electron chi connectivity index (χ4n) is 18.7. The van der Waals surface area contributed by atoms with E-state index in [-0.39, 0.29) is 0 Å². The summed E-state index contributed by atoms with van der Waals surface area (Å²) in [6.45, 7) is 0. The maximum Gasteiger partial charge on any atom is 0.164 e. The van der Waals surface area contributed by atoms with Crippen LogP contribution in [0.15, 0.2) is 408 Å². The van der Waals surface area contributed by atoms with Gasteiger partial charge in [-0.1, -0.05) is 303 Å². The van der Waals surface area contributed by atoms with Crippen LogP contribution in [0, 0.1) is 0 Å². The normalized spacial score (nSPS) is 12.0. The first-order valence-electron chi connectivity index (χ1n) is 43.0. The van der Waals surface area contributed by atoms with Crippen molar-refractivity contribution in [2.24, 2.45) is 0 Å². The van der Waals surface area contributed by atoms with Gasteiger partial charge in [-0.25, -0.2) is 44.9 Å². The molecule has 3 aliphatic rings. The molecule has 19 aromatic carbocycles. The minimum absolute atomic E-state index is 0.605. The molecule has 0 aliphatic carbocycles. The van der Waals surface area contributed by atoms with Gasteiger partial charge in [0.15, 0.2) is 52.4 Å². The minimum atomic E-state index is 0.605. The minimum Gasteiger partial charge on any atom is -0.456 e. The van der Waals surface area contributed by atoms with Gasteiger partial charge in [-0.05, 0) is 146 Å². The van der Waals surface area contributed by atoms with Crippen LogP contribution in [-0.4, -0.2) is 44.9 Å². The van der Waals surface area contributed by atoms with Crippen LogP contribution in [-0.2, 0) is 0 Å². The highest BCUT2D eigenvalue weighted by Gasteiger charge is 2.31. The lowest BCUT2D eigenvalue weighted by molar-refractivity contribution is 0.492. The first-order valence-corrected chi connectivity index (χ1v) is 43.0. The van der Waals surface area contributed by atoms with Gasteiger partial charge in [0.2, 0.25) is 0 Å². The molecule has 3 aliphatic heterocycles. The molecule has 0 atom stereocenters. The fourth-order valence-corrected chi connectivity index (χ4v) is 18.7. The van der Waals surface area contributed by atoms with Crippen LogP contribution in [0.4, 0.5) is 0 Å². The summed E-state index contributed by atoms with van der Waals surface area (Å²) in [7, 11) is 0. The van der Waals surface area contributed by atoms with Crippen LogP contribution in [0.3, 0.4) is 0 Å². The van der Waals surface area contributed by atoms with Crippen molar-refractivity contribution in [3.63, 3.8) is 0 Å². The van der Waals surface area contributed by atoms with Crippen LogP contribution in [0.2, 0.25) is 0 Å². The number of furan rings is 3. The van der Waals surface area contributed by atoms with Gasteiger partial charge in [0.25, 0.3) is 0 Å². The SMILES string of the molecule is c1ccc(-c2nc(-c3ccccc3)nc(-c3cc4ccccc4cc3-c3cc4oc5cccc6c5c4c4c(cccc34)O6)n2)cc1.c1ccc(-c2nc(-c3ccccc3)nc(-c3ccc(-c4cc5c6c(c4)oc4ccc7cccc(c7c46)O5)cc3)n2)cc1.c1ccc(-c2nc(-c3ccccc3)nc(-c3cccc(-c4cc5cccc6c5c5c4oc4cccc(c45)O6)c3)n2)cc1. The van der Waals surface area contributed by atoms with Crippen LogP contribution in [0.1, 0.15) is 0 Å². The quantitative estimate of drug-likeness (QED) is 0.112. The van der Waals surface area contributed by atoms with Gasteiger partial charge in [0, 0.05) is 88.0 Å². The Morgan fingerprint density at radius 1 is 0.146 bits per heavy atom. The van der Waals surface area contributed by atoms with Crippen LogP contribution in [0.25, 0.3) is 245 Å². The van der Waals surface area contributed by atoms with E-state index >= 15 is 0 Å². The molecule has 0 saturated heterocycles. The summed E-state index contributed by atoms with van der Waals surface area (Å²) in [6, 6.07) is 133. The second kappa shape index (κ2) is 29.9. The van der Waals surface area contributed by atoms with Gasteiger partial charge >= 0.3 is 0 Å². The van der Waals surface area contributed by atoms with Crippen molar-refractivity contribution < 1.29 is 27.5 Å². The highest BCUT2D eigenvalue weighted by Crippen LogP contribution is 2.55. The predicted octanol–water partition coefficient (Wildman–Crippen LogP) is 30.2. The van der Waals surface area contributed by atoms with E-state index in [0.717, 1.165) is 227 Å². The third-order valence-corrected chi connectivity index (χ3v) is 24.7. The highest BCUT2D eigenvalue weighted by molar-refractivity contribution is 6.29. The average Bonchev–Trinajstić information content (AvgIpc) is 1.58. The highest BCUT2D eigenvalue weighted by atomic mass is 16.5. The number of hydrogen-bond donors (Lipinski definition) is 0. The number of nitrogens with zero attached hydrogens (tertiary/aromatic N) is 9. The molecule has 0 fully saturated rings. The first-order chi connectivity index (χ1) is 64.4. The smallest absolute Gasteiger partial charge is 0.164 e. The number of fused-ring (bicyclic) bond motifs is 1. The van der Waals surface area contributed by atoms with Crippen LogP contribution >= 0.6 is 0 Å². The van der Waals surface area contributed by atoms with Crippen LogP contribution in [0.5, 0.6) is 34.5 Å². The van der Waals surface area contributed by atoms with E-state index < -0.39 is 0 Å². The van der Waals surface area contributed by atoms with Gasteiger partial charge in [-0.15, -0.1) is 0 Å². The molecule has 0 spiro atoms. The molecular weight excluding hydrogens is 1600 g/mol. The Bertz CT molecular complexity index is 8770. The molecule has 15 heteroatoms. The molecule has 28 rings (SSSR count). The zero-order chi connectivity index (χ0) is 85.4. The molecule has 15 nitrogen and oxygen atoms in total. The third kappa shape index (κ3) is 12.5. The van der Waals surface area contributed by atoms with E-state index in [1.165, 1.54) is 0 Å². The first kappa shape index (κ1) is 73.6. The number of benzene rings is 19. The molecule has 0 N–H and O–H groups in total. The van der Waals surface area contributed by atoms with E-state index in [4.69, 9.17) is 72.3 Å². The Hall–Kier alpha value is -18.0. The van der Waals surface area contributed by atoms with E-state index in [2.05, 4.69) is 127 Å². The summed E-state index contributed by atoms with van der Waals surface area (Å²) in [4.78, 5) is 44.4. The molecule has 0 bridgehead atoms. The van der Waals surface area contributed by atoms with Gasteiger partial charge < -0.3 is 27.5 Å². The van der Waals surface area contributed by atoms with Crippen LogP contribution < -0.4 is 14.2 Å². The monoisotopic (exact) mass is 1670 g/mol. The standard InChI is InChI=1S/C41H23N3O2.2C37H21N3O2/c1-3-11-24(12-4-1)39-42-40(25-13-5-2-6-14-25)44-41(43-39)31-22-27-16-8-7-15-26(27)21-29(31)30-23-35-38-36-28(30)17-9-18-32(36)45-33-19-10-20-34(46-35)37(33)38;1-3-10-22(11-4-1)35-38-36(23-12-5-2-6-13-23)40-37(39-35)26-16-7-14-24(20-26)27-21-25-15-8-17-28-31(25)33-32-29(41-28)18-9-19-30(32)42-34(27)33;1-3-8-24(9-4-1)35-38-36(25-10-5-2-6-11-25)40-37(39-35)26-16-14-22(15-17-26)27-20-30-33-31(21-27)42-29-19-18-23-12-7-13-28(41-30)32(23)34(29)33/h1-23H;2*1-21H. The molecule has 0 saturated carbocycles. The fraction of sp³-hybridized carbons (Fsp3) is 0. The summed E-state index contributed by atoms with van der Waals surface area (Å²) in [5.74, 6) is 10.7. The molecule has 0 amide bonds. The van der Waals surface area contributed by atoms with Crippen molar-refractivity contribution in [2.75, 3.05) is 0 Å². The molecular formula is C115H65N9O6. The Morgan fingerprint density at radius 3 is 1.02 bits per heavy atom. The lowest BCUT2D eigenvalue weighted by atomic mass is 9.89. The third-order valence-electron chi connectivity index (χ3n) is 24.7. The molecule has 25 aromatic rings. The number of hydrogen-bond acceptors (Lipinski definition) is 15. The maximum atomic E-state index is 6.54. The summed E-state index contributed by atoms with van der Waals surface area (Å²) in [5, 5.41) is 15.2. The van der Waals surface area contributed by atoms with Crippen molar-refractivity contribution in [2.45, 2.75) is 0 Å². The van der Waals surface area contributed by atoms with E-state index in [1.54, 1.807) is 0 Å². The Labute approximate surface area is 741 Å². The molecule has 606 valence electrons. The molecule has 0 unspecified atom stereocenters. The Morgan fingerprint density at radius 2 is 0.492 bits per heavy atom. The Kier molecular flexibility index (Phi) is 16.9. The van der Waals surface area contributed by atoms with E-state index in [0.29, 0.717) is 52.4 Å². The van der Waals surface area contributed by atoms with Gasteiger partial charge in [-0.3, -0.25) is 0 Å². The maximum absolute atomic E-state index is 6.54. The van der Waals surface area contributed by atoms with Gasteiger partial charge in [-0.2, -0.15) is 0 Å². The summed E-state index contributed by atoms with van der Waals surface area (Å²) in [5.41, 5.74) is 19.5. The number of rotatable bonds is 12. The molecule has 0 radical (unpaired) electrons. The predicted molar refractivity (Wildman–Crippen MR) is 517 cm³/mol. The van der Waals surface area contributed by atoms with Gasteiger partial charge in [0.1, 0.15) is 68.0 Å². The topological polar surface area (TPSA) is 183 Å². The molecule has 130 heavy (non-hydrogen) atoms. The molecule has 6 aromatic heterocycles. The summed E-state index contributed by atoms with van der Waals surface area (Å²) in [6.07, 6.45) is 0. The van der Waals surface area contributed by atoms with Crippen molar-refractivity contribution in [1.82, 2.24) is 44.9 Å². The van der Waals surface area contributed by atoms with E-state index in [9.17, 15) is 0 Å². The van der Waals surface area contributed by atoms with E-state index in [1.807, 2.05) is 267 Å². The van der Waals surface area contributed by atoms with Crippen molar-refractivity contribution >= 4 is 109 Å². The van der Waals surface area contributed by atoms with Gasteiger partial charge in [0.05, 0.1) is 16.2 Å². The van der Waals surface area contributed by atoms with Crippen molar-refractivity contribution in [1.29, 1.82) is 0 Å². The second-order valence-corrected chi connectivity index (χ2v) is 32.5. The largest absolute Gasteiger partial charge is 0.456 e. The molecule has 9 heterocycles. The van der Waals surface area contributed by atoms with Crippen molar-refractivity contribution in [3.8, 4) is 170 Å². The average molecular weight is 1670 g/mol.